The van der Waals surface area contributed by atoms with Crippen LogP contribution in [0.5, 0.6) is 5.75 Å². The van der Waals surface area contributed by atoms with Gasteiger partial charge in [-0.1, -0.05) is 12.1 Å². The largest absolute Gasteiger partial charge is 0.497 e. The van der Waals surface area contributed by atoms with Gasteiger partial charge < -0.3 is 14.7 Å². The van der Waals surface area contributed by atoms with E-state index in [0.717, 1.165) is 11.3 Å². The van der Waals surface area contributed by atoms with Crippen molar-refractivity contribution in [2.45, 2.75) is 19.5 Å². The SMILES string of the molecule is COc1cccc(CN(C)C(=O)CN(C)C(C)C(=O)O)c1. The summed E-state index contributed by atoms with van der Waals surface area (Å²) < 4.78 is 5.14. The van der Waals surface area contributed by atoms with Crippen LogP contribution in [0, 0.1) is 0 Å². The fourth-order valence-electron chi connectivity index (χ4n) is 1.79. The van der Waals surface area contributed by atoms with Gasteiger partial charge in [0.15, 0.2) is 0 Å². The van der Waals surface area contributed by atoms with Crippen molar-refractivity contribution in [3.05, 3.63) is 29.8 Å². The summed E-state index contributed by atoms with van der Waals surface area (Å²) in [5.41, 5.74) is 0.958. The average Bonchev–Trinajstić information content (AvgIpc) is 2.46. The summed E-state index contributed by atoms with van der Waals surface area (Å²) >= 11 is 0. The quantitative estimate of drug-likeness (QED) is 0.814. The number of amides is 1. The number of likely N-dealkylation sites (N-methyl/N-ethyl adjacent to an activating group) is 2. The number of hydrogen-bond donors (Lipinski definition) is 1. The predicted octanol–water partition coefficient (Wildman–Crippen LogP) is 1.06. The molecule has 6 nitrogen and oxygen atoms in total. The maximum absolute atomic E-state index is 12.1. The Hall–Kier alpha value is -2.08. The van der Waals surface area contributed by atoms with Gasteiger partial charge in [0, 0.05) is 13.6 Å². The van der Waals surface area contributed by atoms with E-state index in [1.807, 2.05) is 24.3 Å². The standard InChI is InChI=1S/C15H22N2O4/c1-11(15(19)20)16(2)10-14(18)17(3)9-12-6-5-7-13(8-12)21-4/h5-8,11H,9-10H2,1-4H3,(H,19,20). The Morgan fingerprint density at radius 1 is 1.33 bits per heavy atom. The lowest BCUT2D eigenvalue weighted by atomic mass is 10.2. The molecule has 21 heavy (non-hydrogen) atoms. The maximum Gasteiger partial charge on any atom is 0.320 e. The molecule has 0 heterocycles. The van der Waals surface area contributed by atoms with Gasteiger partial charge in [0.1, 0.15) is 11.8 Å². The predicted molar refractivity (Wildman–Crippen MR) is 79.2 cm³/mol. The lowest BCUT2D eigenvalue weighted by molar-refractivity contribution is -0.143. The molecule has 0 saturated carbocycles. The molecule has 0 radical (unpaired) electrons. The summed E-state index contributed by atoms with van der Waals surface area (Å²) in [6.45, 7) is 2.07. The molecule has 0 bridgehead atoms. The van der Waals surface area contributed by atoms with E-state index in [0.29, 0.717) is 6.54 Å². The number of carboxylic acid groups (broad SMARTS) is 1. The third kappa shape index (κ3) is 5.07. The first-order chi connectivity index (χ1) is 9.85. The van der Waals surface area contributed by atoms with Crippen molar-refractivity contribution in [1.29, 1.82) is 0 Å². The number of ether oxygens (including phenoxy) is 1. The molecule has 1 aromatic carbocycles. The second kappa shape index (κ2) is 7.64. The van der Waals surface area contributed by atoms with Crippen molar-refractivity contribution in [1.82, 2.24) is 9.80 Å². The van der Waals surface area contributed by atoms with Crippen molar-refractivity contribution >= 4 is 11.9 Å². The molecule has 1 rings (SSSR count). The highest BCUT2D eigenvalue weighted by Gasteiger charge is 2.20. The summed E-state index contributed by atoms with van der Waals surface area (Å²) in [5, 5.41) is 8.92. The molecule has 0 aliphatic rings. The molecule has 0 fully saturated rings. The first-order valence-corrected chi connectivity index (χ1v) is 6.65. The first kappa shape index (κ1) is 17.0. The molecule has 0 aliphatic carbocycles. The van der Waals surface area contributed by atoms with Gasteiger partial charge in [-0.15, -0.1) is 0 Å². The first-order valence-electron chi connectivity index (χ1n) is 6.65. The van der Waals surface area contributed by atoms with Gasteiger partial charge >= 0.3 is 5.97 Å². The highest BCUT2D eigenvalue weighted by atomic mass is 16.5. The number of benzene rings is 1. The van der Waals surface area contributed by atoms with E-state index in [4.69, 9.17) is 9.84 Å². The Labute approximate surface area is 124 Å². The Morgan fingerprint density at radius 3 is 2.57 bits per heavy atom. The van der Waals surface area contributed by atoms with Crippen LogP contribution in [0.2, 0.25) is 0 Å². The molecular formula is C15H22N2O4. The number of carbonyl (C=O) groups excluding carboxylic acids is 1. The van der Waals surface area contributed by atoms with Gasteiger partial charge in [-0.25, -0.2) is 0 Å². The number of methoxy groups -OCH3 is 1. The summed E-state index contributed by atoms with van der Waals surface area (Å²) in [6, 6.07) is 6.79. The fourth-order valence-corrected chi connectivity index (χ4v) is 1.79. The van der Waals surface area contributed by atoms with E-state index >= 15 is 0 Å². The Morgan fingerprint density at radius 2 is 2.00 bits per heavy atom. The van der Waals surface area contributed by atoms with E-state index in [9.17, 15) is 9.59 Å². The zero-order chi connectivity index (χ0) is 16.0. The zero-order valence-corrected chi connectivity index (χ0v) is 12.9. The number of carbonyl (C=O) groups is 2. The minimum absolute atomic E-state index is 0.0634. The molecule has 116 valence electrons. The van der Waals surface area contributed by atoms with Crippen molar-refractivity contribution in [2.75, 3.05) is 27.7 Å². The van der Waals surface area contributed by atoms with Crippen LogP contribution in [0.3, 0.4) is 0 Å². The maximum atomic E-state index is 12.1. The number of nitrogens with zero attached hydrogens (tertiary/aromatic N) is 2. The van der Waals surface area contributed by atoms with Crippen molar-refractivity contribution in [3.8, 4) is 5.75 Å². The third-order valence-corrected chi connectivity index (χ3v) is 3.38. The molecule has 0 spiro atoms. The lowest BCUT2D eigenvalue weighted by Crippen LogP contribution is -2.43. The number of rotatable bonds is 7. The van der Waals surface area contributed by atoms with Crippen LogP contribution in [0.4, 0.5) is 0 Å². The van der Waals surface area contributed by atoms with E-state index < -0.39 is 12.0 Å². The van der Waals surface area contributed by atoms with Gasteiger partial charge in [-0.3, -0.25) is 14.5 Å². The topological polar surface area (TPSA) is 70.1 Å². The minimum Gasteiger partial charge on any atom is -0.497 e. The van der Waals surface area contributed by atoms with Gasteiger partial charge in [-0.2, -0.15) is 0 Å². The van der Waals surface area contributed by atoms with Gasteiger partial charge in [0.25, 0.3) is 0 Å². The van der Waals surface area contributed by atoms with Gasteiger partial charge in [0.05, 0.1) is 13.7 Å². The van der Waals surface area contributed by atoms with Crippen LogP contribution in [0.25, 0.3) is 0 Å². The normalized spacial score (nSPS) is 12.0. The van der Waals surface area contributed by atoms with Crippen molar-refractivity contribution in [3.63, 3.8) is 0 Å². The zero-order valence-electron chi connectivity index (χ0n) is 12.9. The second-order valence-corrected chi connectivity index (χ2v) is 5.03. The van der Waals surface area contributed by atoms with E-state index in [1.54, 1.807) is 33.0 Å². The van der Waals surface area contributed by atoms with E-state index in [1.165, 1.54) is 4.90 Å². The molecule has 1 atom stereocenters. The Bertz CT molecular complexity index is 504. The monoisotopic (exact) mass is 294 g/mol. The van der Waals surface area contributed by atoms with Crippen LogP contribution >= 0.6 is 0 Å². The van der Waals surface area contributed by atoms with Crippen LogP contribution in [-0.4, -0.2) is 60.6 Å². The number of hydrogen-bond acceptors (Lipinski definition) is 4. The molecule has 1 aromatic rings. The molecule has 1 N–H and O–H groups in total. The fraction of sp³-hybridized carbons (Fsp3) is 0.467. The molecule has 0 aliphatic heterocycles. The third-order valence-electron chi connectivity index (χ3n) is 3.38. The van der Waals surface area contributed by atoms with Crippen molar-refractivity contribution in [2.24, 2.45) is 0 Å². The summed E-state index contributed by atoms with van der Waals surface area (Å²) in [6.07, 6.45) is 0. The second-order valence-electron chi connectivity index (χ2n) is 5.03. The van der Waals surface area contributed by atoms with Crippen LogP contribution in [0.15, 0.2) is 24.3 Å². The average molecular weight is 294 g/mol. The van der Waals surface area contributed by atoms with Gasteiger partial charge in [0.2, 0.25) is 5.91 Å². The van der Waals surface area contributed by atoms with E-state index in [2.05, 4.69) is 0 Å². The highest BCUT2D eigenvalue weighted by Crippen LogP contribution is 2.14. The summed E-state index contributed by atoms with van der Waals surface area (Å²) in [5.74, 6) is -0.334. The highest BCUT2D eigenvalue weighted by molar-refractivity contribution is 5.79. The van der Waals surface area contributed by atoms with Crippen molar-refractivity contribution < 1.29 is 19.4 Å². The van der Waals surface area contributed by atoms with E-state index in [-0.39, 0.29) is 12.5 Å². The Kier molecular flexibility index (Phi) is 6.17. The number of aliphatic carboxylic acids is 1. The van der Waals surface area contributed by atoms with Crippen LogP contribution < -0.4 is 4.74 Å². The lowest BCUT2D eigenvalue weighted by Gasteiger charge is -2.24. The smallest absolute Gasteiger partial charge is 0.320 e. The summed E-state index contributed by atoms with van der Waals surface area (Å²) in [4.78, 5) is 26.0. The molecule has 0 saturated heterocycles. The van der Waals surface area contributed by atoms with Gasteiger partial charge in [-0.05, 0) is 31.7 Å². The molecule has 1 amide bonds. The van der Waals surface area contributed by atoms with Crippen LogP contribution in [-0.2, 0) is 16.1 Å². The minimum atomic E-state index is -0.944. The molecular weight excluding hydrogens is 272 g/mol. The Balaban J connectivity index is 2.60. The number of carboxylic acids is 1. The van der Waals surface area contributed by atoms with Crippen LogP contribution in [0.1, 0.15) is 12.5 Å². The summed E-state index contributed by atoms with van der Waals surface area (Å²) in [7, 11) is 4.91. The molecule has 0 aromatic heterocycles. The molecule has 6 heteroatoms. The molecule has 1 unspecified atom stereocenters.